The number of anilines is 2. The quantitative estimate of drug-likeness (QED) is 0.852. The molecule has 0 amide bonds. The number of thiazole rings is 1. The first-order chi connectivity index (χ1) is 9.63. The molecule has 0 saturated heterocycles. The van der Waals surface area contributed by atoms with Crippen LogP contribution in [-0.4, -0.2) is 24.7 Å². The third-order valence-corrected chi connectivity index (χ3v) is 3.69. The summed E-state index contributed by atoms with van der Waals surface area (Å²) in [4.78, 5) is 15.8. The molecule has 0 bridgehead atoms. The third kappa shape index (κ3) is 3.40. The van der Waals surface area contributed by atoms with Gasteiger partial charge in [-0.1, -0.05) is 29.0 Å². The molecule has 1 heterocycles. The zero-order valence-electron chi connectivity index (χ0n) is 11.0. The zero-order chi connectivity index (χ0) is 14.5. The molecular weight excluding hydrogens is 300 g/mol. The second-order valence-corrected chi connectivity index (χ2v) is 5.07. The summed E-state index contributed by atoms with van der Waals surface area (Å²) in [7, 11) is 1.30. The molecule has 1 N–H and O–H groups in total. The Hall–Kier alpha value is -1.79. The number of hydrogen-bond donors (Lipinski definition) is 1. The Bertz CT molecular complexity index is 615. The summed E-state index contributed by atoms with van der Waals surface area (Å²) in [6, 6.07) is 7.44. The highest BCUT2D eigenvalue weighted by molar-refractivity contribution is 7.18. The second kappa shape index (κ2) is 6.58. The maximum Gasteiger partial charge on any atom is 0.351 e. The van der Waals surface area contributed by atoms with Gasteiger partial charge in [0.2, 0.25) is 0 Å². The summed E-state index contributed by atoms with van der Waals surface area (Å²) >= 11 is 7.04. The van der Waals surface area contributed by atoms with Gasteiger partial charge in [-0.3, -0.25) is 0 Å². The molecule has 0 aliphatic heterocycles. The standard InChI is InChI=1S/C13H13ClN2O3S/c1-3-19-9-6-4-5-8(7-9)15-13-16-11(14)10(20-13)12(17)18-2/h4-7H,3H2,1-2H3,(H,15,16). The molecule has 0 spiro atoms. The smallest absolute Gasteiger partial charge is 0.351 e. The summed E-state index contributed by atoms with van der Waals surface area (Å²) in [5.74, 6) is 0.261. The molecule has 0 saturated carbocycles. The molecular formula is C13H13ClN2O3S. The maximum atomic E-state index is 11.5. The van der Waals surface area contributed by atoms with Crippen LogP contribution in [0.25, 0.3) is 0 Å². The van der Waals surface area contributed by atoms with Crippen molar-refractivity contribution in [3.05, 3.63) is 34.3 Å². The summed E-state index contributed by atoms with van der Waals surface area (Å²) < 4.78 is 10.0. The minimum absolute atomic E-state index is 0.130. The van der Waals surface area contributed by atoms with Crippen LogP contribution in [0, 0.1) is 0 Å². The van der Waals surface area contributed by atoms with Crippen LogP contribution in [0.15, 0.2) is 24.3 Å². The van der Waals surface area contributed by atoms with Crippen molar-refractivity contribution in [2.75, 3.05) is 19.0 Å². The summed E-state index contributed by atoms with van der Waals surface area (Å²) in [6.07, 6.45) is 0. The Morgan fingerprint density at radius 2 is 2.30 bits per heavy atom. The summed E-state index contributed by atoms with van der Waals surface area (Å²) in [5.41, 5.74) is 0.804. The molecule has 0 atom stereocenters. The van der Waals surface area contributed by atoms with Crippen molar-refractivity contribution in [1.29, 1.82) is 0 Å². The van der Waals surface area contributed by atoms with Gasteiger partial charge in [0.25, 0.3) is 0 Å². The number of methoxy groups -OCH3 is 1. The molecule has 1 aromatic carbocycles. The minimum Gasteiger partial charge on any atom is -0.494 e. The van der Waals surface area contributed by atoms with Gasteiger partial charge < -0.3 is 14.8 Å². The highest BCUT2D eigenvalue weighted by Gasteiger charge is 2.17. The first-order valence-electron chi connectivity index (χ1n) is 5.88. The first kappa shape index (κ1) is 14.6. The molecule has 0 unspecified atom stereocenters. The normalized spacial score (nSPS) is 10.2. The fourth-order valence-corrected chi connectivity index (χ4v) is 2.65. The molecule has 5 nitrogen and oxygen atoms in total. The number of carbonyl (C=O) groups is 1. The fourth-order valence-electron chi connectivity index (χ4n) is 1.53. The number of esters is 1. The van der Waals surface area contributed by atoms with Gasteiger partial charge in [0.15, 0.2) is 15.2 Å². The van der Waals surface area contributed by atoms with E-state index in [1.807, 2.05) is 31.2 Å². The van der Waals surface area contributed by atoms with Crippen molar-refractivity contribution >= 4 is 39.7 Å². The minimum atomic E-state index is -0.497. The van der Waals surface area contributed by atoms with Crippen LogP contribution in [0.4, 0.5) is 10.8 Å². The lowest BCUT2D eigenvalue weighted by Gasteiger charge is -2.06. The van der Waals surface area contributed by atoms with Crippen LogP contribution in [0.1, 0.15) is 16.6 Å². The SMILES string of the molecule is CCOc1cccc(Nc2nc(Cl)c(C(=O)OC)s2)c1. The molecule has 0 aliphatic rings. The predicted molar refractivity (Wildman–Crippen MR) is 79.4 cm³/mol. The van der Waals surface area contributed by atoms with Gasteiger partial charge >= 0.3 is 5.97 Å². The largest absolute Gasteiger partial charge is 0.494 e. The Kier molecular flexibility index (Phi) is 4.81. The van der Waals surface area contributed by atoms with Crippen molar-refractivity contribution in [3.8, 4) is 5.75 Å². The first-order valence-corrected chi connectivity index (χ1v) is 7.08. The van der Waals surface area contributed by atoms with E-state index >= 15 is 0 Å². The third-order valence-electron chi connectivity index (χ3n) is 2.35. The number of rotatable bonds is 5. The zero-order valence-corrected chi connectivity index (χ0v) is 12.5. The van der Waals surface area contributed by atoms with Crippen molar-refractivity contribution in [1.82, 2.24) is 4.98 Å². The van der Waals surface area contributed by atoms with E-state index in [2.05, 4.69) is 15.0 Å². The molecule has 0 aliphatic carbocycles. The van der Waals surface area contributed by atoms with E-state index in [0.717, 1.165) is 22.8 Å². The Morgan fingerprint density at radius 1 is 1.50 bits per heavy atom. The lowest BCUT2D eigenvalue weighted by molar-refractivity contribution is 0.0606. The van der Waals surface area contributed by atoms with Crippen molar-refractivity contribution in [2.24, 2.45) is 0 Å². The average Bonchev–Trinajstić information content (AvgIpc) is 2.79. The molecule has 1 aromatic heterocycles. The van der Waals surface area contributed by atoms with Gasteiger partial charge in [0.05, 0.1) is 13.7 Å². The number of carbonyl (C=O) groups excluding carboxylic acids is 1. The van der Waals surface area contributed by atoms with Crippen LogP contribution in [0.5, 0.6) is 5.75 Å². The van der Waals surface area contributed by atoms with Gasteiger partial charge in [-0.15, -0.1) is 0 Å². The van der Waals surface area contributed by atoms with Crippen molar-refractivity contribution < 1.29 is 14.3 Å². The molecule has 20 heavy (non-hydrogen) atoms. The predicted octanol–water partition coefficient (Wildman–Crippen LogP) is 3.73. The van der Waals surface area contributed by atoms with E-state index in [0.29, 0.717) is 11.7 Å². The van der Waals surface area contributed by atoms with Crippen molar-refractivity contribution in [3.63, 3.8) is 0 Å². The fraction of sp³-hybridized carbons (Fsp3) is 0.231. The van der Waals surface area contributed by atoms with Crippen molar-refractivity contribution in [2.45, 2.75) is 6.92 Å². The molecule has 106 valence electrons. The van der Waals surface area contributed by atoms with E-state index in [-0.39, 0.29) is 10.0 Å². The molecule has 0 fully saturated rings. The van der Waals surface area contributed by atoms with Crippen LogP contribution < -0.4 is 10.1 Å². The van der Waals surface area contributed by atoms with Gasteiger partial charge in [-0.2, -0.15) is 0 Å². The van der Waals surface area contributed by atoms with Crippen LogP contribution >= 0.6 is 22.9 Å². The highest BCUT2D eigenvalue weighted by atomic mass is 35.5. The number of nitrogens with one attached hydrogen (secondary N) is 1. The molecule has 7 heteroatoms. The van der Waals surface area contributed by atoms with Crippen LogP contribution in [-0.2, 0) is 4.74 Å². The van der Waals surface area contributed by atoms with E-state index in [1.165, 1.54) is 7.11 Å². The van der Waals surface area contributed by atoms with Crippen LogP contribution in [0.3, 0.4) is 0 Å². The van der Waals surface area contributed by atoms with Crippen LogP contribution in [0.2, 0.25) is 5.15 Å². The van der Waals surface area contributed by atoms with Gasteiger partial charge in [-0.05, 0) is 19.1 Å². The topological polar surface area (TPSA) is 60.5 Å². The summed E-state index contributed by atoms with van der Waals surface area (Å²) in [5, 5.41) is 3.73. The second-order valence-electron chi connectivity index (χ2n) is 3.72. The number of benzene rings is 1. The molecule has 2 aromatic rings. The lowest BCUT2D eigenvalue weighted by atomic mass is 10.3. The molecule has 2 rings (SSSR count). The monoisotopic (exact) mass is 312 g/mol. The molecule has 0 radical (unpaired) electrons. The van der Waals surface area contributed by atoms with Gasteiger partial charge in [0, 0.05) is 11.8 Å². The summed E-state index contributed by atoms with van der Waals surface area (Å²) in [6.45, 7) is 2.52. The Morgan fingerprint density at radius 3 is 3.00 bits per heavy atom. The highest BCUT2D eigenvalue weighted by Crippen LogP contribution is 2.30. The number of aromatic nitrogens is 1. The Labute approximate surface area is 125 Å². The van der Waals surface area contributed by atoms with E-state index in [1.54, 1.807) is 0 Å². The average molecular weight is 313 g/mol. The van der Waals surface area contributed by atoms with Gasteiger partial charge in [-0.25, -0.2) is 9.78 Å². The number of nitrogens with zero attached hydrogens (tertiary/aromatic N) is 1. The number of hydrogen-bond acceptors (Lipinski definition) is 6. The van der Waals surface area contributed by atoms with E-state index in [4.69, 9.17) is 16.3 Å². The van der Waals surface area contributed by atoms with Gasteiger partial charge in [0.1, 0.15) is 5.75 Å². The number of ether oxygens (including phenoxy) is 2. The number of halogens is 1. The Balaban J connectivity index is 2.18. The van der Waals surface area contributed by atoms with E-state index < -0.39 is 5.97 Å². The lowest BCUT2D eigenvalue weighted by Crippen LogP contribution is -1.98. The van der Waals surface area contributed by atoms with E-state index in [9.17, 15) is 4.79 Å². The maximum absolute atomic E-state index is 11.5.